The van der Waals surface area contributed by atoms with E-state index in [9.17, 15) is 13.2 Å². The molecule has 1 aromatic heterocycles. The number of nitrogens with one attached hydrogen (secondary N) is 2. The third-order valence-corrected chi connectivity index (χ3v) is 5.58. The van der Waals surface area contributed by atoms with Crippen LogP contribution in [0.4, 0.5) is 5.69 Å². The first kappa shape index (κ1) is 17.3. The molecule has 130 valence electrons. The zero-order chi connectivity index (χ0) is 18.2. The van der Waals surface area contributed by atoms with Gasteiger partial charge in [0.15, 0.2) is 0 Å². The minimum atomic E-state index is -3.95. The molecule has 0 saturated heterocycles. The van der Waals surface area contributed by atoms with Gasteiger partial charge >= 0.3 is 0 Å². The Bertz CT molecular complexity index is 1060. The predicted molar refractivity (Wildman–Crippen MR) is 98.6 cm³/mol. The molecule has 0 bridgehead atoms. The molecule has 1 heterocycles. The van der Waals surface area contributed by atoms with Crippen molar-refractivity contribution in [3.63, 3.8) is 0 Å². The zero-order valence-corrected chi connectivity index (χ0v) is 15.1. The van der Waals surface area contributed by atoms with Crippen molar-refractivity contribution >= 4 is 44.1 Å². The number of amides is 1. The van der Waals surface area contributed by atoms with Crippen LogP contribution >= 0.6 is 11.6 Å². The fourth-order valence-electron chi connectivity index (χ4n) is 2.69. The van der Waals surface area contributed by atoms with Crippen molar-refractivity contribution in [3.05, 3.63) is 59.2 Å². The van der Waals surface area contributed by atoms with Crippen molar-refractivity contribution in [1.29, 1.82) is 0 Å². The van der Waals surface area contributed by atoms with E-state index >= 15 is 0 Å². The Morgan fingerprint density at radius 2 is 1.80 bits per heavy atom. The van der Waals surface area contributed by atoms with Gasteiger partial charge in [-0.2, -0.15) is 0 Å². The van der Waals surface area contributed by atoms with Crippen LogP contribution in [0.5, 0.6) is 0 Å². The average molecular weight is 378 g/mol. The van der Waals surface area contributed by atoms with E-state index in [0.29, 0.717) is 10.5 Å². The molecule has 2 N–H and O–H groups in total. The second-order valence-corrected chi connectivity index (χ2v) is 7.53. The molecular weight excluding hydrogens is 362 g/mol. The molecule has 0 aliphatic carbocycles. The van der Waals surface area contributed by atoms with E-state index in [1.807, 2.05) is 0 Å². The van der Waals surface area contributed by atoms with Crippen molar-refractivity contribution < 1.29 is 13.2 Å². The quantitative estimate of drug-likeness (QED) is 0.732. The van der Waals surface area contributed by atoms with Crippen molar-refractivity contribution in [2.75, 3.05) is 12.4 Å². The topological polar surface area (TPSA) is 80.2 Å². The standard InChI is InChI=1S/C17H16ClN3O3S/c1-19-14-9-8-13(18)16-12(14)10-15(21(16)2)17(22)20-25(23,24)11-6-4-3-5-7-11/h3-10,19H,1-2H3,(H,20,22). The van der Waals surface area contributed by atoms with Crippen LogP contribution in [-0.2, 0) is 17.1 Å². The lowest BCUT2D eigenvalue weighted by atomic mass is 10.2. The van der Waals surface area contributed by atoms with Crippen LogP contribution in [-0.4, -0.2) is 25.9 Å². The number of hydrogen-bond donors (Lipinski definition) is 2. The van der Waals surface area contributed by atoms with Gasteiger partial charge in [0.1, 0.15) is 5.69 Å². The fourth-order valence-corrected chi connectivity index (χ4v) is 3.96. The normalized spacial score (nSPS) is 11.5. The van der Waals surface area contributed by atoms with E-state index in [4.69, 9.17) is 11.6 Å². The monoisotopic (exact) mass is 377 g/mol. The van der Waals surface area contributed by atoms with E-state index in [1.54, 1.807) is 55.1 Å². The molecule has 0 saturated carbocycles. The number of aromatic nitrogens is 1. The molecule has 8 heteroatoms. The number of fused-ring (bicyclic) bond motifs is 1. The highest BCUT2D eigenvalue weighted by Gasteiger charge is 2.22. The summed E-state index contributed by atoms with van der Waals surface area (Å²) in [5, 5.41) is 4.24. The number of carbonyl (C=O) groups is 1. The number of benzene rings is 2. The Labute approximate surface area is 150 Å². The maximum atomic E-state index is 12.6. The van der Waals surface area contributed by atoms with Gasteiger partial charge in [-0.25, -0.2) is 13.1 Å². The number of halogens is 1. The van der Waals surface area contributed by atoms with E-state index < -0.39 is 15.9 Å². The Kier molecular flexibility index (Phi) is 4.45. The zero-order valence-electron chi connectivity index (χ0n) is 13.6. The summed E-state index contributed by atoms with van der Waals surface area (Å²) in [5.74, 6) is -0.722. The molecule has 6 nitrogen and oxygen atoms in total. The summed E-state index contributed by atoms with van der Waals surface area (Å²) in [7, 11) is -0.526. The van der Waals surface area contributed by atoms with Crippen molar-refractivity contribution in [1.82, 2.24) is 9.29 Å². The van der Waals surface area contributed by atoms with Gasteiger partial charge in [-0.15, -0.1) is 0 Å². The largest absolute Gasteiger partial charge is 0.388 e. The van der Waals surface area contributed by atoms with E-state index in [0.717, 1.165) is 11.1 Å². The van der Waals surface area contributed by atoms with Gasteiger partial charge in [-0.05, 0) is 30.3 Å². The number of rotatable bonds is 4. The van der Waals surface area contributed by atoms with Gasteiger partial charge in [0, 0.05) is 25.2 Å². The molecule has 25 heavy (non-hydrogen) atoms. The molecule has 3 aromatic rings. The summed E-state index contributed by atoms with van der Waals surface area (Å²) in [6.45, 7) is 0. The Balaban J connectivity index is 2.04. The molecule has 3 rings (SSSR count). The van der Waals surface area contributed by atoms with E-state index in [2.05, 4.69) is 10.0 Å². The highest BCUT2D eigenvalue weighted by molar-refractivity contribution is 7.90. The van der Waals surface area contributed by atoms with Gasteiger partial charge < -0.3 is 9.88 Å². The van der Waals surface area contributed by atoms with E-state index in [1.165, 1.54) is 12.1 Å². The predicted octanol–water partition coefficient (Wildman–Crippen LogP) is 2.99. The molecule has 0 radical (unpaired) electrons. The lowest BCUT2D eigenvalue weighted by molar-refractivity contribution is 0.0974. The van der Waals surface area contributed by atoms with Crippen LogP contribution in [0.1, 0.15) is 10.5 Å². The summed E-state index contributed by atoms with van der Waals surface area (Å²) in [6.07, 6.45) is 0. The summed E-state index contributed by atoms with van der Waals surface area (Å²) < 4.78 is 28.4. The second-order valence-electron chi connectivity index (χ2n) is 5.44. The average Bonchev–Trinajstić information content (AvgIpc) is 2.94. The smallest absolute Gasteiger partial charge is 0.281 e. The minimum absolute atomic E-state index is 0.0241. The third kappa shape index (κ3) is 3.08. The summed E-state index contributed by atoms with van der Waals surface area (Å²) in [4.78, 5) is 12.6. The number of hydrogen-bond acceptors (Lipinski definition) is 4. The number of sulfonamides is 1. The molecule has 2 aromatic carbocycles. The Hall–Kier alpha value is -2.51. The van der Waals surface area contributed by atoms with Crippen molar-refractivity contribution in [3.8, 4) is 0 Å². The number of carbonyl (C=O) groups excluding carboxylic acids is 1. The first-order valence-corrected chi connectivity index (χ1v) is 9.29. The van der Waals surface area contributed by atoms with Gasteiger partial charge in [0.2, 0.25) is 0 Å². The van der Waals surface area contributed by atoms with Crippen molar-refractivity contribution in [2.24, 2.45) is 7.05 Å². The highest BCUT2D eigenvalue weighted by Crippen LogP contribution is 2.32. The number of aryl methyl sites for hydroxylation is 1. The van der Waals surface area contributed by atoms with Gasteiger partial charge in [-0.3, -0.25) is 4.79 Å². The number of nitrogens with zero attached hydrogens (tertiary/aromatic N) is 1. The summed E-state index contributed by atoms with van der Waals surface area (Å²) in [6, 6.07) is 12.9. The third-order valence-electron chi connectivity index (χ3n) is 3.93. The van der Waals surface area contributed by atoms with Gasteiger partial charge in [0.25, 0.3) is 15.9 Å². The van der Waals surface area contributed by atoms with Gasteiger partial charge in [-0.1, -0.05) is 29.8 Å². The second kappa shape index (κ2) is 6.42. The Morgan fingerprint density at radius 1 is 1.12 bits per heavy atom. The molecule has 0 atom stereocenters. The maximum absolute atomic E-state index is 12.6. The lowest BCUT2D eigenvalue weighted by Crippen LogP contribution is -2.31. The van der Waals surface area contributed by atoms with E-state index in [-0.39, 0.29) is 10.6 Å². The van der Waals surface area contributed by atoms with Crippen LogP contribution in [0.25, 0.3) is 10.9 Å². The van der Waals surface area contributed by atoms with Crippen LogP contribution in [0.3, 0.4) is 0 Å². The highest BCUT2D eigenvalue weighted by atomic mass is 35.5. The SMILES string of the molecule is CNc1ccc(Cl)c2c1cc(C(=O)NS(=O)(=O)c1ccccc1)n2C. The minimum Gasteiger partial charge on any atom is -0.388 e. The van der Waals surface area contributed by atoms with Crippen LogP contribution in [0.15, 0.2) is 53.4 Å². The lowest BCUT2D eigenvalue weighted by Gasteiger charge is -2.08. The molecule has 0 aliphatic heterocycles. The van der Waals surface area contributed by atoms with Crippen molar-refractivity contribution in [2.45, 2.75) is 4.90 Å². The molecular formula is C17H16ClN3O3S. The van der Waals surface area contributed by atoms with Crippen LogP contribution < -0.4 is 10.0 Å². The summed E-state index contributed by atoms with van der Waals surface area (Å²) in [5.41, 5.74) is 1.63. The van der Waals surface area contributed by atoms with Gasteiger partial charge in [0.05, 0.1) is 15.4 Å². The fraction of sp³-hybridized carbons (Fsp3) is 0.118. The Morgan fingerprint density at radius 3 is 2.44 bits per heavy atom. The molecule has 0 fully saturated rings. The first-order valence-electron chi connectivity index (χ1n) is 7.43. The molecule has 0 aliphatic rings. The van der Waals surface area contributed by atoms with Crippen LogP contribution in [0, 0.1) is 0 Å². The van der Waals surface area contributed by atoms with Crippen LogP contribution in [0.2, 0.25) is 5.02 Å². The number of anilines is 1. The molecule has 1 amide bonds. The molecule has 0 unspecified atom stereocenters. The summed E-state index contributed by atoms with van der Waals surface area (Å²) >= 11 is 6.24. The first-order chi connectivity index (χ1) is 11.8. The molecule has 0 spiro atoms. The maximum Gasteiger partial charge on any atom is 0.281 e.